The van der Waals surface area contributed by atoms with Crippen molar-refractivity contribution in [2.45, 2.75) is 31.9 Å². The van der Waals surface area contributed by atoms with Gasteiger partial charge in [-0.15, -0.1) is 0 Å². The summed E-state index contributed by atoms with van der Waals surface area (Å²) in [6.07, 6.45) is 2.99. The number of carbonyl (C=O) groups is 2. The number of alkyl carbamates (subject to hydrolysis) is 1. The van der Waals surface area contributed by atoms with Crippen molar-refractivity contribution in [3.8, 4) is 0 Å². The van der Waals surface area contributed by atoms with Crippen molar-refractivity contribution in [2.75, 3.05) is 0 Å². The Hall–Kier alpha value is -1.62. The van der Waals surface area contributed by atoms with Gasteiger partial charge in [0.25, 0.3) is 0 Å². The predicted molar refractivity (Wildman–Crippen MR) is 79.4 cm³/mol. The molecule has 0 bridgehead atoms. The van der Waals surface area contributed by atoms with Gasteiger partial charge < -0.3 is 10.1 Å². The van der Waals surface area contributed by atoms with Gasteiger partial charge in [0.05, 0.1) is 6.04 Å². The van der Waals surface area contributed by atoms with E-state index in [-0.39, 0.29) is 12.4 Å². The topological polar surface area (TPSA) is 55.4 Å². The summed E-state index contributed by atoms with van der Waals surface area (Å²) < 4.78 is 6.12. The van der Waals surface area contributed by atoms with Crippen LogP contribution in [0.25, 0.3) is 0 Å². The van der Waals surface area contributed by atoms with Gasteiger partial charge in [-0.25, -0.2) is 4.79 Å². The van der Waals surface area contributed by atoms with Crippen molar-refractivity contribution in [1.29, 1.82) is 0 Å². The first-order valence-corrected chi connectivity index (χ1v) is 7.29. The van der Waals surface area contributed by atoms with Gasteiger partial charge in [0, 0.05) is 6.42 Å². The second kappa shape index (κ2) is 7.24. The second-order valence-corrected chi connectivity index (χ2v) is 5.63. The van der Waals surface area contributed by atoms with E-state index in [2.05, 4.69) is 21.2 Å². The van der Waals surface area contributed by atoms with E-state index in [1.165, 1.54) is 0 Å². The minimum absolute atomic E-state index is 0.0346. The third-order valence-corrected chi connectivity index (χ3v) is 3.80. The minimum Gasteiger partial charge on any atom is -0.445 e. The lowest BCUT2D eigenvalue weighted by atomic mass is 10.1. The van der Waals surface area contributed by atoms with E-state index < -0.39 is 12.1 Å². The van der Waals surface area contributed by atoms with E-state index in [0.717, 1.165) is 10.0 Å². The summed E-state index contributed by atoms with van der Waals surface area (Å²) in [6, 6.07) is 8.93. The maximum atomic E-state index is 11.8. The van der Waals surface area contributed by atoms with Crippen LogP contribution in [0, 0.1) is 0 Å². The van der Waals surface area contributed by atoms with E-state index in [1.807, 2.05) is 36.4 Å². The number of carbonyl (C=O) groups excluding carboxylic acids is 2. The zero-order valence-corrected chi connectivity index (χ0v) is 12.6. The lowest BCUT2D eigenvalue weighted by Gasteiger charge is -2.14. The summed E-state index contributed by atoms with van der Waals surface area (Å²) in [5.74, 6) is 0.0346. The van der Waals surface area contributed by atoms with Crippen LogP contribution in [0.5, 0.6) is 0 Å². The Balaban J connectivity index is 1.83. The van der Waals surface area contributed by atoms with Gasteiger partial charge in [0.2, 0.25) is 0 Å². The number of ether oxygens (including phenoxy) is 1. The Kier molecular flexibility index (Phi) is 5.35. The van der Waals surface area contributed by atoms with Gasteiger partial charge in [0.1, 0.15) is 6.61 Å². The molecule has 0 fully saturated rings. The number of Topliss-reactive ketones (excluding diaryl/α,β-unsaturated/α-hetero) is 1. The Bertz CT molecular complexity index is 513. The normalized spacial score (nSPS) is 18.9. The zero-order valence-electron chi connectivity index (χ0n) is 11.0. The molecule has 1 atom stereocenters. The quantitative estimate of drug-likeness (QED) is 0.920. The maximum Gasteiger partial charge on any atom is 0.408 e. The van der Waals surface area contributed by atoms with Gasteiger partial charge in [-0.3, -0.25) is 4.79 Å². The number of nitrogens with one attached hydrogen (secondary N) is 1. The van der Waals surface area contributed by atoms with Crippen molar-refractivity contribution in [3.63, 3.8) is 0 Å². The van der Waals surface area contributed by atoms with Gasteiger partial charge in [-0.05, 0) is 22.9 Å². The smallest absolute Gasteiger partial charge is 0.408 e. The first kappa shape index (κ1) is 14.8. The first-order valence-electron chi connectivity index (χ1n) is 6.49. The summed E-state index contributed by atoms with van der Waals surface area (Å²) in [6.45, 7) is 0.202. The summed E-state index contributed by atoms with van der Waals surface area (Å²) in [4.78, 5) is 23.6. The summed E-state index contributed by atoms with van der Waals surface area (Å²) >= 11 is 3.39. The van der Waals surface area contributed by atoms with Crippen LogP contribution >= 0.6 is 15.9 Å². The molecule has 4 nitrogen and oxygen atoms in total. The van der Waals surface area contributed by atoms with Gasteiger partial charge in [-0.1, -0.05) is 52.3 Å². The molecule has 20 heavy (non-hydrogen) atoms. The predicted octanol–water partition coefficient (Wildman–Crippen LogP) is 3.31. The number of allylic oxidation sites excluding steroid dienone is 1. The van der Waals surface area contributed by atoms with E-state index in [4.69, 9.17) is 4.74 Å². The van der Waals surface area contributed by atoms with Crippen LogP contribution in [0.4, 0.5) is 4.79 Å². The summed E-state index contributed by atoms with van der Waals surface area (Å²) in [7, 11) is 0. The molecule has 0 radical (unpaired) electrons. The van der Waals surface area contributed by atoms with Crippen LogP contribution < -0.4 is 5.32 Å². The summed E-state index contributed by atoms with van der Waals surface area (Å²) in [5.41, 5.74) is 0.914. The molecule has 1 N–H and O–H groups in total. The molecule has 2 rings (SSSR count). The van der Waals surface area contributed by atoms with Gasteiger partial charge in [-0.2, -0.15) is 0 Å². The molecular weight excluding hydrogens is 322 g/mol. The Morgan fingerprint density at radius 3 is 2.80 bits per heavy atom. The van der Waals surface area contributed by atoms with Crippen molar-refractivity contribution in [2.24, 2.45) is 0 Å². The van der Waals surface area contributed by atoms with E-state index in [0.29, 0.717) is 19.3 Å². The fraction of sp³-hybridized carbons (Fsp3) is 0.333. The largest absolute Gasteiger partial charge is 0.445 e. The number of benzene rings is 1. The second-order valence-electron chi connectivity index (χ2n) is 4.61. The van der Waals surface area contributed by atoms with E-state index in [9.17, 15) is 9.59 Å². The molecule has 5 heteroatoms. The maximum absolute atomic E-state index is 11.8. The summed E-state index contributed by atoms with van der Waals surface area (Å²) in [5, 5.41) is 2.62. The van der Waals surface area contributed by atoms with Crippen LogP contribution in [-0.4, -0.2) is 17.9 Å². The van der Waals surface area contributed by atoms with Crippen LogP contribution in [-0.2, 0) is 16.1 Å². The molecule has 1 aromatic rings. The Morgan fingerprint density at radius 1 is 1.30 bits per heavy atom. The van der Waals surface area contributed by atoms with Crippen LogP contribution in [0.2, 0.25) is 0 Å². The molecule has 1 aliphatic carbocycles. The lowest BCUT2D eigenvalue weighted by Crippen LogP contribution is -2.40. The van der Waals surface area contributed by atoms with Gasteiger partial charge in [0.15, 0.2) is 5.78 Å². The average Bonchev–Trinajstić information content (AvgIpc) is 2.62. The highest BCUT2D eigenvalue weighted by Gasteiger charge is 2.22. The molecule has 0 saturated carbocycles. The molecule has 0 saturated heterocycles. The Labute approximate surface area is 126 Å². The van der Waals surface area contributed by atoms with Crippen molar-refractivity contribution < 1.29 is 14.3 Å². The van der Waals surface area contributed by atoms with Crippen molar-refractivity contribution in [3.05, 3.63) is 46.5 Å². The third-order valence-electron chi connectivity index (χ3n) is 3.08. The average molecular weight is 338 g/mol. The van der Waals surface area contributed by atoms with Crippen LogP contribution in [0.15, 0.2) is 40.9 Å². The number of hydrogen-bond acceptors (Lipinski definition) is 3. The van der Waals surface area contributed by atoms with Crippen LogP contribution in [0.3, 0.4) is 0 Å². The van der Waals surface area contributed by atoms with Crippen LogP contribution in [0.1, 0.15) is 24.8 Å². The van der Waals surface area contributed by atoms with Gasteiger partial charge >= 0.3 is 6.09 Å². The zero-order chi connectivity index (χ0) is 14.4. The highest BCUT2D eigenvalue weighted by Crippen LogP contribution is 2.20. The standard InChI is InChI=1S/C15H16BrNO3/c16-12-6-8-13(14(18)9-7-12)17-15(19)20-10-11-4-2-1-3-5-11/h1-6,13H,7-10H2,(H,17,19)/t13-/m1/s1. The minimum atomic E-state index is -0.557. The molecule has 0 aromatic heterocycles. The number of rotatable bonds is 3. The lowest BCUT2D eigenvalue weighted by molar-refractivity contribution is -0.120. The third kappa shape index (κ3) is 4.49. The monoisotopic (exact) mass is 337 g/mol. The van der Waals surface area contributed by atoms with Crippen molar-refractivity contribution >= 4 is 27.8 Å². The highest BCUT2D eigenvalue weighted by atomic mass is 79.9. The molecule has 106 valence electrons. The molecule has 1 amide bonds. The molecule has 0 unspecified atom stereocenters. The van der Waals surface area contributed by atoms with E-state index in [1.54, 1.807) is 0 Å². The first-order chi connectivity index (χ1) is 9.65. The molecule has 0 spiro atoms. The number of halogens is 1. The number of ketones is 1. The highest BCUT2D eigenvalue weighted by molar-refractivity contribution is 9.11. The van der Waals surface area contributed by atoms with E-state index >= 15 is 0 Å². The Morgan fingerprint density at radius 2 is 2.05 bits per heavy atom. The molecule has 0 heterocycles. The molecular formula is C15H16BrNO3. The van der Waals surface area contributed by atoms with Crippen molar-refractivity contribution in [1.82, 2.24) is 5.32 Å². The number of hydrogen-bond donors (Lipinski definition) is 1. The molecule has 1 aromatic carbocycles. The number of amides is 1. The fourth-order valence-electron chi connectivity index (χ4n) is 1.94. The molecule has 1 aliphatic rings. The SMILES string of the molecule is O=C(N[C@@H]1CC=C(Br)CCC1=O)OCc1ccccc1. The fourth-order valence-corrected chi connectivity index (χ4v) is 2.33. The molecule has 0 aliphatic heterocycles.